The Hall–Kier alpha value is -1.62. The van der Waals surface area contributed by atoms with Crippen LogP contribution in [0, 0.1) is 0 Å². The summed E-state index contributed by atoms with van der Waals surface area (Å²) >= 11 is 0. The van der Waals surface area contributed by atoms with Crippen LogP contribution in [0.2, 0.25) is 0 Å². The van der Waals surface area contributed by atoms with E-state index in [2.05, 4.69) is 9.88 Å². The number of aromatic amines is 1. The first kappa shape index (κ1) is 10.9. The highest BCUT2D eigenvalue weighted by atomic mass is 16.2. The standard InChI is InChI=1S/C11H15N3O2/c1-13-4-6-14(7-5-13)11(16)9-2-3-10(15)12-8-9/h2-3,8H,4-7H2,1H3,(H,12,15). The van der Waals surface area contributed by atoms with Gasteiger partial charge in [-0.05, 0) is 13.1 Å². The second-order valence-corrected chi connectivity index (χ2v) is 4.04. The quantitative estimate of drug-likeness (QED) is 0.712. The topological polar surface area (TPSA) is 56.4 Å². The number of aromatic nitrogens is 1. The van der Waals surface area contributed by atoms with Gasteiger partial charge >= 0.3 is 0 Å². The number of likely N-dealkylation sites (N-methyl/N-ethyl adjacent to an activating group) is 1. The SMILES string of the molecule is CN1CCN(C(=O)c2ccc(=O)[nH]c2)CC1. The molecule has 1 amide bonds. The number of H-pyrrole nitrogens is 1. The summed E-state index contributed by atoms with van der Waals surface area (Å²) in [6, 6.07) is 2.95. The van der Waals surface area contributed by atoms with Gasteiger partial charge in [0, 0.05) is 38.4 Å². The Morgan fingerprint density at radius 2 is 1.94 bits per heavy atom. The minimum atomic E-state index is -0.185. The Morgan fingerprint density at radius 3 is 2.50 bits per heavy atom. The summed E-state index contributed by atoms with van der Waals surface area (Å²) < 4.78 is 0. The third-order valence-electron chi connectivity index (χ3n) is 2.82. The van der Waals surface area contributed by atoms with Crippen molar-refractivity contribution in [3.63, 3.8) is 0 Å². The van der Waals surface area contributed by atoms with Gasteiger partial charge in [0.2, 0.25) is 5.56 Å². The van der Waals surface area contributed by atoms with Gasteiger partial charge in [0.05, 0.1) is 5.56 Å². The molecule has 5 heteroatoms. The monoisotopic (exact) mass is 221 g/mol. The maximum Gasteiger partial charge on any atom is 0.255 e. The van der Waals surface area contributed by atoms with Crippen molar-refractivity contribution in [2.24, 2.45) is 0 Å². The van der Waals surface area contributed by atoms with Crippen molar-refractivity contribution in [2.75, 3.05) is 33.2 Å². The Kier molecular flexibility index (Phi) is 3.05. The van der Waals surface area contributed by atoms with Crippen molar-refractivity contribution >= 4 is 5.91 Å². The maximum atomic E-state index is 12.0. The van der Waals surface area contributed by atoms with Gasteiger partial charge in [-0.2, -0.15) is 0 Å². The van der Waals surface area contributed by atoms with Crippen molar-refractivity contribution in [2.45, 2.75) is 0 Å². The number of pyridine rings is 1. The first-order valence-corrected chi connectivity index (χ1v) is 5.33. The molecule has 2 rings (SSSR count). The van der Waals surface area contributed by atoms with E-state index >= 15 is 0 Å². The van der Waals surface area contributed by atoms with Crippen LogP contribution < -0.4 is 5.56 Å². The van der Waals surface area contributed by atoms with Crippen LogP contribution in [0.4, 0.5) is 0 Å². The van der Waals surface area contributed by atoms with E-state index in [-0.39, 0.29) is 11.5 Å². The minimum absolute atomic E-state index is 0.00986. The molecule has 1 fully saturated rings. The molecular weight excluding hydrogens is 206 g/mol. The highest BCUT2D eigenvalue weighted by molar-refractivity contribution is 5.93. The van der Waals surface area contributed by atoms with Gasteiger partial charge in [-0.3, -0.25) is 9.59 Å². The number of hydrogen-bond donors (Lipinski definition) is 1. The highest BCUT2D eigenvalue weighted by Gasteiger charge is 2.20. The van der Waals surface area contributed by atoms with Crippen LogP contribution in [0.1, 0.15) is 10.4 Å². The second kappa shape index (κ2) is 4.49. The molecule has 1 aromatic heterocycles. The van der Waals surface area contributed by atoms with E-state index < -0.39 is 0 Å². The lowest BCUT2D eigenvalue weighted by Crippen LogP contribution is -2.47. The van der Waals surface area contributed by atoms with Gasteiger partial charge in [0.15, 0.2) is 0 Å². The number of amides is 1. The molecule has 0 radical (unpaired) electrons. The highest BCUT2D eigenvalue weighted by Crippen LogP contribution is 2.05. The molecular formula is C11H15N3O2. The average molecular weight is 221 g/mol. The summed E-state index contributed by atoms with van der Waals surface area (Å²) in [4.78, 5) is 29.4. The van der Waals surface area contributed by atoms with Crippen LogP contribution in [-0.2, 0) is 0 Å². The summed E-state index contributed by atoms with van der Waals surface area (Å²) in [6.45, 7) is 3.28. The number of nitrogens with zero attached hydrogens (tertiary/aromatic N) is 2. The first-order valence-electron chi connectivity index (χ1n) is 5.33. The van der Waals surface area contributed by atoms with Gasteiger partial charge in [0.1, 0.15) is 0 Å². The molecule has 5 nitrogen and oxygen atoms in total. The van der Waals surface area contributed by atoms with Crippen LogP contribution in [0.5, 0.6) is 0 Å². The zero-order chi connectivity index (χ0) is 11.5. The van der Waals surface area contributed by atoms with Crippen molar-refractivity contribution in [3.8, 4) is 0 Å². The predicted octanol–water partition coefficient (Wildman–Crippen LogP) is -0.238. The number of carbonyl (C=O) groups excluding carboxylic acids is 1. The molecule has 0 aliphatic carbocycles. The van der Waals surface area contributed by atoms with E-state index in [0.717, 1.165) is 26.2 Å². The molecule has 0 aromatic carbocycles. The number of nitrogens with one attached hydrogen (secondary N) is 1. The fourth-order valence-corrected chi connectivity index (χ4v) is 1.74. The van der Waals surface area contributed by atoms with E-state index in [9.17, 15) is 9.59 Å². The molecule has 0 bridgehead atoms. The molecule has 16 heavy (non-hydrogen) atoms. The molecule has 1 saturated heterocycles. The first-order chi connectivity index (χ1) is 7.66. The normalized spacial score (nSPS) is 17.4. The second-order valence-electron chi connectivity index (χ2n) is 4.04. The zero-order valence-corrected chi connectivity index (χ0v) is 9.27. The average Bonchev–Trinajstić information content (AvgIpc) is 2.30. The predicted molar refractivity (Wildman–Crippen MR) is 60.5 cm³/mol. The van der Waals surface area contributed by atoms with Gasteiger partial charge in [-0.15, -0.1) is 0 Å². The van der Waals surface area contributed by atoms with Crippen molar-refractivity contribution in [1.29, 1.82) is 0 Å². The van der Waals surface area contributed by atoms with E-state index in [1.165, 1.54) is 12.3 Å². The molecule has 1 aromatic rings. The molecule has 1 N–H and O–H groups in total. The Morgan fingerprint density at radius 1 is 1.25 bits per heavy atom. The molecule has 86 valence electrons. The smallest absolute Gasteiger partial charge is 0.255 e. The van der Waals surface area contributed by atoms with E-state index in [0.29, 0.717) is 5.56 Å². The van der Waals surface area contributed by atoms with Crippen LogP contribution >= 0.6 is 0 Å². The number of carbonyl (C=O) groups is 1. The number of rotatable bonds is 1. The van der Waals surface area contributed by atoms with Gasteiger partial charge in [0.25, 0.3) is 5.91 Å². The third kappa shape index (κ3) is 2.30. The summed E-state index contributed by atoms with van der Waals surface area (Å²) in [7, 11) is 2.04. The fourth-order valence-electron chi connectivity index (χ4n) is 1.74. The summed E-state index contributed by atoms with van der Waals surface area (Å²) in [5.74, 6) is -0.00986. The van der Waals surface area contributed by atoms with Crippen molar-refractivity contribution in [1.82, 2.24) is 14.8 Å². The molecule has 0 atom stereocenters. The van der Waals surface area contributed by atoms with E-state index in [1.807, 2.05) is 11.9 Å². The van der Waals surface area contributed by atoms with Crippen LogP contribution in [-0.4, -0.2) is 53.9 Å². The summed E-state index contributed by atoms with van der Waals surface area (Å²) in [5.41, 5.74) is 0.360. The van der Waals surface area contributed by atoms with Gasteiger partial charge in [-0.1, -0.05) is 0 Å². The van der Waals surface area contributed by atoms with Crippen LogP contribution in [0.15, 0.2) is 23.1 Å². The summed E-state index contributed by atoms with van der Waals surface area (Å²) in [5, 5.41) is 0. The van der Waals surface area contributed by atoms with E-state index in [4.69, 9.17) is 0 Å². The summed E-state index contributed by atoms with van der Waals surface area (Å²) in [6.07, 6.45) is 1.48. The van der Waals surface area contributed by atoms with Crippen molar-refractivity contribution in [3.05, 3.63) is 34.2 Å². The van der Waals surface area contributed by atoms with Gasteiger partial charge < -0.3 is 14.8 Å². The molecule has 1 aliphatic rings. The minimum Gasteiger partial charge on any atom is -0.336 e. The number of piperazine rings is 1. The Balaban J connectivity index is 2.07. The number of hydrogen-bond acceptors (Lipinski definition) is 3. The fraction of sp³-hybridized carbons (Fsp3) is 0.455. The lowest BCUT2D eigenvalue weighted by Gasteiger charge is -2.32. The molecule has 1 aliphatic heterocycles. The molecule has 0 saturated carbocycles. The Bertz CT molecular complexity index is 413. The van der Waals surface area contributed by atoms with Gasteiger partial charge in [-0.25, -0.2) is 0 Å². The Labute approximate surface area is 93.7 Å². The molecule has 0 spiro atoms. The largest absolute Gasteiger partial charge is 0.336 e. The molecule has 2 heterocycles. The van der Waals surface area contributed by atoms with E-state index in [1.54, 1.807) is 6.07 Å². The third-order valence-corrected chi connectivity index (χ3v) is 2.82. The lowest BCUT2D eigenvalue weighted by molar-refractivity contribution is 0.0663. The van der Waals surface area contributed by atoms with Crippen LogP contribution in [0.25, 0.3) is 0 Å². The van der Waals surface area contributed by atoms with Crippen molar-refractivity contribution < 1.29 is 4.79 Å². The lowest BCUT2D eigenvalue weighted by atomic mass is 10.2. The zero-order valence-electron chi connectivity index (χ0n) is 9.27. The molecule has 0 unspecified atom stereocenters. The maximum absolute atomic E-state index is 12.0. The van der Waals surface area contributed by atoms with Crippen LogP contribution in [0.3, 0.4) is 0 Å².